The molecule has 0 saturated heterocycles. The van der Waals surface area contributed by atoms with Crippen molar-refractivity contribution in [2.75, 3.05) is 0 Å². The van der Waals surface area contributed by atoms with Gasteiger partial charge in [0.05, 0.1) is 29.8 Å². The lowest BCUT2D eigenvalue weighted by molar-refractivity contribution is 0.0935. The number of hydrogen-bond acceptors (Lipinski definition) is 5. The quantitative estimate of drug-likeness (QED) is 0.722. The van der Waals surface area contributed by atoms with Gasteiger partial charge in [0, 0.05) is 16.0 Å². The van der Waals surface area contributed by atoms with Crippen molar-refractivity contribution in [3.63, 3.8) is 0 Å². The molecule has 134 valence electrons. The first kappa shape index (κ1) is 18.0. The number of nitrogens with zero attached hydrogens (tertiary/aromatic N) is 2. The number of aromatic nitrogens is 3. The van der Waals surface area contributed by atoms with Gasteiger partial charge in [0.1, 0.15) is 5.01 Å². The number of carbonyl (C=O) groups excluding carboxylic acids is 1. The Labute approximate surface area is 155 Å². The van der Waals surface area contributed by atoms with Crippen molar-refractivity contribution in [3.05, 3.63) is 68.2 Å². The molecule has 3 aromatic rings. The summed E-state index contributed by atoms with van der Waals surface area (Å²) >= 11 is 1.61. The highest BCUT2D eigenvalue weighted by atomic mass is 32.1. The topological polar surface area (TPSA) is 87.7 Å². The predicted molar refractivity (Wildman–Crippen MR) is 102 cm³/mol. The summed E-state index contributed by atoms with van der Waals surface area (Å²) in [5.74, 6) is -0.171. The number of thiazole rings is 1. The fourth-order valence-electron chi connectivity index (χ4n) is 2.58. The summed E-state index contributed by atoms with van der Waals surface area (Å²) in [7, 11) is 0. The zero-order valence-corrected chi connectivity index (χ0v) is 15.7. The normalized spacial score (nSPS) is 12.0. The molecule has 2 N–H and O–H groups in total. The lowest BCUT2D eigenvalue weighted by atomic mass is 10.1. The van der Waals surface area contributed by atoms with Gasteiger partial charge in [-0.3, -0.25) is 14.6 Å². The van der Waals surface area contributed by atoms with Crippen LogP contribution in [0.25, 0.3) is 11.3 Å². The lowest BCUT2D eigenvalue weighted by Gasteiger charge is -2.15. The molecule has 3 rings (SSSR count). The largest absolute Gasteiger partial charge is 0.343 e. The van der Waals surface area contributed by atoms with Crippen LogP contribution in [0.5, 0.6) is 0 Å². The third-order valence-electron chi connectivity index (χ3n) is 4.15. The average molecular weight is 368 g/mol. The first-order valence-corrected chi connectivity index (χ1v) is 9.19. The Morgan fingerprint density at radius 1 is 1.31 bits per heavy atom. The van der Waals surface area contributed by atoms with Gasteiger partial charge < -0.3 is 10.3 Å². The average Bonchev–Trinajstić information content (AvgIpc) is 2.98. The minimum absolute atomic E-state index is 0.123. The number of carbonyl (C=O) groups is 1. The molecule has 0 spiro atoms. The Kier molecular flexibility index (Phi) is 5.27. The van der Waals surface area contributed by atoms with Crippen LogP contribution >= 0.6 is 11.3 Å². The van der Waals surface area contributed by atoms with Crippen LogP contribution in [-0.4, -0.2) is 20.9 Å². The zero-order valence-electron chi connectivity index (χ0n) is 14.9. The van der Waals surface area contributed by atoms with Crippen LogP contribution in [0.1, 0.15) is 45.3 Å². The van der Waals surface area contributed by atoms with Gasteiger partial charge in [-0.2, -0.15) is 0 Å². The molecule has 0 fully saturated rings. The highest BCUT2D eigenvalue weighted by Gasteiger charge is 2.18. The van der Waals surface area contributed by atoms with Crippen molar-refractivity contribution in [2.45, 2.75) is 33.2 Å². The van der Waals surface area contributed by atoms with E-state index in [0.717, 1.165) is 27.6 Å². The molecule has 1 aromatic carbocycles. The van der Waals surface area contributed by atoms with Gasteiger partial charge in [0.2, 0.25) is 0 Å². The minimum Gasteiger partial charge on any atom is -0.343 e. The maximum atomic E-state index is 12.7. The third kappa shape index (κ3) is 3.88. The standard InChI is InChI=1S/C19H20N4O2S/c1-4-15(19-21-11(2)12(3)26-19)23-18(25)14-7-5-6-13(8-14)16-9-20-10-17(24)22-16/h5-10,15H,4H2,1-3H3,(H,22,24)(H,23,25)/t15-/m1/s1. The molecular formula is C19H20N4O2S. The second-order valence-electron chi connectivity index (χ2n) is 6.02. The van der Waals surface area contributed by atoms with E-state index in [1.165, 1.54) is 6.20 Å². The van der Waals surface area contributed by atoms with Crippen LogP contribution in [0, 0.1) is 13.8 Å². The fraction of sp³-hybridized carbons (Fsp3) is 0.263. The molecule has 1 amide bonds. The molecule has 0 aliphatic carbocycles. The number of hydrogen-bond donors (Lipinski definition) is 2. The molecule has 2 aromatic heterocycles. The molecule has 0 saturated carbocycles. The number of aryl methyl sites for hydroxylation is 2. The van der Waals surface area contributed by atoms with E-state index in [2.05, 4.69) is 20.3 Å². The summed E-state index contributed by atoms with van der Waals surface area (Å²) in [4.78, 5) is 36.5. The van der Waals surface area contributed by atoms with Gasteiger partial charge >= 0.3 is 0 Å². The van der Waals surface area contributed by atoms with Gasteiger partial charge in [-0.15, -0.1) is 11.3 Å². The van der Waals surface area contributed by atoms with E-state index in [4.69, 9.17) is 0 Å². The number of H-pyrrole nitrogens is 1. The Bertz CT molecular complexity index is 973. The monoisotopic (exact) mass is 368 g/mol. The van der Waals surface area contributed by atoms with Gasteiger partial charge in [-0.25, -0.2) is 4.98 Å². The Hall–Kier alpha value is -2.80. The number of benzene rings is 1. The SMILES string of the molecule is CC[C@@H](NC(=O)c1cccc(-c2cncc(=O)[nH]2)c1)c1nc(C)c(C)s1. The van der Waals surface area contributed by atoms with Crippen LogP contribution in [0.2, 0.25) is 0 Å². The van der Waals surface area contributed by atoms with Crippen LogP contribution in [-0.2, 0) is 0 Å². The van der Waals surface area contributed by atoms with Crippen LogP contribution in [0.15, 0.2) is 41.5 Å². The van der Waals surface area contributed by atoms with Crippen LogP contribution in [0.3, 0.4) is 0 Å². The van der Waals surface area contributed by atoms with E-state index in [1.807, 2.05) is 26.8 Å². The van der Waals surface area contributed by atoms with Crippen molar-refractivity contribution in [3.8, 4) is 11.3 Å². The molecule has 2 heterocycles. The van der Waals surface area contributed by atoms with Gasteiger partial charge in [-0.05, 0) is 32.4 Å². The molecule has 7 heteroatoms. The number of amides is 1. The first-order valence-electron chi connectivity index (χ1n) is 8.37. The second kappa shape index (κ2) is 7.61. The van der Waals surface area contributed by atoms with E-state index in [0.29, 0.717) is 11.3 Å². The smallest absolute Gasteiger partial charge is 0.266 e. The van der Waals surface area contributed by atoms with Crippen LogP contribution in [0.4, 0.5) is 0 Å². The molecule has 0 radical (unpaired) electrons. The van der Waals surface area contributed by atoms with Crippen molar-refractivity contribution < 1.29 is 4.79 Å². The lowest BCUT2D eigenvalue weighted by Crippen LogP contribution is -2.28. The molecule has 0 aliphatic heterocycles. The summed E-state index contributed by atoms with van der Waals surface area (Å²) in [6.07, 6.45) is 3.53. The Morgan fingerprint density at radius 2 is 2.12 bits per heavy atom. The van der Waals surface area contributed by atoms with Crippen molar-refractivity contribution >= 4 is 17.2 Å². The maximum Gasteiger partial charge on any atom is 0.266 e. The van der Waals surface area contributed by atoms with Crippen molar-refractivity contribution in [2.24, 2.45) is 0 Å². The zero-order chi connectivity index (χ0) is 18.7. The highest BCUT2D eigenvalue weighted by Crippen LogP contribution is 2.25. The molecule has 0 aliphatic rings. The summed E-state index contributed by atoms with van der Waals surface area (Å²) in [5.41, 5.74) is 2.55. The third-order valence-corrected chi connectivity index (χ3v) is 5.33. The van der Waals surface area contributed by atoms with Crippen molar-refractivity contribution in [1.82, 2.24) is 20.3 Å². The van der Waals surface area contributed by atoms with E-state index in [9.17, 15) is 9.59 Å². The number of nitrogens with one attached hydrogen (secondary N) is 2. The fourth-order valence-corrected chi connectivity index (χ4v) is 3.64. The molecule has 0 unspecified atom stereocenters. The van der Waals surface area contributed by atoms with E-state index in [-0.39, 0.29) is 17.5 Å². The maximum absolute atomic E-state index is 12.7. The van der Waals surface area contributed by atoms with Gasteiger partial charge in [0.25, 0.3) is 11.5 Å². The molecule has 0 bridgehead atoms. The second-order valence-corrected chi connectivity index (χ2v) is 7.25. The molecule has 26 heavy (non-hydrogen) atoms. The summed E-state index contributed by atoms with van der Waals surface area (Å²) in [6, 6.07) is 6.98. The van der Waals surface area contributed by atoms with Gasteiger partial charge in [0.15, 0.2) is 0 Å². The van der Waals surface area contributed by atoms with E-state index < -0.39 is 0 Å². The molecular weight excluding hydrogens is 348 g/mol. The van der Waals surface area contributed by atoms with Crippen molar-refractivity contribution in [1.29, 1.82) is 0 Å². The summed E-state index contributed by atoms with van der Waals surface area (Å²) < 4.78 is 0. The van der Waals surface area contributed by atoms with E-state index in [1.54, 1.807) is 35.7 Å². The predicted octanol–water partition coefficient (Wildman–Crippen LogP) is 3.39. The van der Waals surface area contributed by atoms with Gasteiger partial charge in [-0.1, -0.05) is 19.1 Å². The summed E-state index contributed by atoms with van der Waals surface area (Å²) in [6.45, 7) is 6.03. The highest BCUT2D eigenvalue weighted by molar-refractivity contribution is 7.11. The Morgan fingerprint density at radius 3 is 2.77 bits per heavy atom. The number of aromatic amines is 1. The first-order chi connectivity index (χ1) is 12.5. The number of rotatable bonds is 5. The molecule has 1 atom stereocenters. The van der Waals surface area contributed by atoms with Crippen LogP contribution < -0.4 is 10.9 Å². The Balaban J connectivity index is 1.83. The molecule has 6 nitrogen and oxygen atoms in total. The minimum atomic E-state index is -0.280. The summed E-state index contributed by atoms with van der Waals surface area (Å²) in [5, 5.41) is 3.97. The van der Waals surface area contributed by atoms with E-state index >= 15 is 0 Å².